The van der Waals surface area contributed by atoms with Gasteiger partial charge in [0.25, 0.3) is 5.78 Å². The van der Waals surface area contributed by atoms with Gasteiger partial charge in [0.2, 0.25) is 5.91 Å². The van der Waals surface area contributed by atoms with Crippen molar-refractivity contribution in [2.24, 2.45) is 0 Å². The van der Waals surface area contributed by atoms with E-state index in [0.717, 1.165) is 17.0 Å². The van der Waals surface area contributed by atoms with Crippen LogP contribution in [-0.4, -0.2) is 25.5 Å². The first-order valence-electron chi connectivity index (χ1n) is 7.57. The molecule has 2 heterocycles. The Labute approximate surface area is 134 Å². The lowest BCUT2D eigenvalue weighted by Gasteiger charge is -2.13. The summed E-state index contributed by atoms with van der Waals surface area (Å²) in [7, 11) is 0. The van der Waals surface area contributed by atoms with Crippen LogP contribution >= 0.6 is 0 Å². The molecule has 0 saturated heterocycles. The van der Waals surface area contributed by atoms with Crippen molar-refractivity contribution in [3.8, 4) is 0 Å². The molecule has 1 atom stereocenters. The normalized spacial score (nSPS) is 12.3. The Morgan fingerprint density at radius 1 is 1.22 bits per heavy atom. The van der Waals surface area contributed by atoms with Gasteiger partial charge in [0, 0.05) is 11.4 Å². The minimum atomic E-state index is -0.105. The van der Waals surface area contributed by atoms with Crippen molar-refractivity contribution >= 4 is 11.7 Å². The van der Waals surface area contributed by atoms with Crippen molar-refractivity contribution in [2.45, 2.75) is 33.2 Å². The Morgan fingerprint density at radius 2 is 1.96 bits per heavy atom. The molecule has 118 valence electrons. The van der Waals surface area contributed by atoms with E-state index in [9.17, 15) is 4.79 Å². The van der Waals surface area contributed by atoms with Gasteiger partial charge in [-0.1, -0.05) is 30.3 Å². The smallest absolute Gasteiger partial charge is 0.252 e. The van der Waals surface area contributed by atoms with E-state index in [1.54, 1.807) is 4.52 Å². The number of aromatic nitrogens is 4. The summed E-state index contributed by atoms with van der Waals surface area (Å²) in [5.74, 6) is 0.900. The highest BCUT2D eigenvalue weighted by atomic mass is 16.1. The second kappa shape index (κ2) is 6.16. The standard InChI is InChI=1S/C17H19N5O/c1-11-9-12(2)22-17(18-11)20-15(21-22)10-16(23)19-13(3)14-7-5-4-6-8-14/h4-9,13H,10H2,1-3H3,(H,19,23)/t13-/m1/s1. The van der Waals surface area contributed by atoms with E-state index < -0.39 is 0 Å². The number of nitrogens with one attached hydrogen (secondary N) is 1. The maximum Gasteiger partial charge on any atom is 0.252 e. The number of hydrogen-bond acceptors (Lipinski definition) is 4. The minimum absolute atomic E-state index is 0.0529. The Hall–Kier alpha value is -2.76. The molecule has 3 rings (SSSR count). The van der Waals surface area contributed by atoms with E-state index in [1.165, 1.54) is 0 Å². The molecule has 0 spiro atoms. The van der Waals surface area contributed by atoms with E-state index >= 15 is 0 Å². The molecule has 0 unspecified atom stereocenters. The zero-order valence-electron chi connectivity index (χ0n) is 13.4. The third-order valence-electron chi connectivity index (χ3n) is 3.66. The van der Waals surface area contributed by atoms with Gasteiger partial charge < -0.3 is 5.32 Å². The van der Waals surface area contributed by atoms with Crippen LogP contribution in [0.25, 0.3) is 5.78 Å². The lowest BCUT2D eigenvalue weighted by Crippen LogP contribution is -2.28. The van der Waals surface area contributed by atoms with Gasteiger partial charge in [-0.3, -0.25) is 4.79 Å². The maximum absolute atomic E-state index is 12.2. The highest BCUT2D eigenvalue weighted by Gasteiger charge is 2.14. The molecule has 0 saturated carbocycles. The van der Waals surface area contributed by atoms with E-state index in [0.29, 0.717) is 11.6 Å². The summed E-state index contributed by atoms with van der Waals surface area (Å²) >= 11 is 0. The van der Waals surface area contributed by atoms with Gasteiger partial charge in [-0.05, 0) is 32.4 Å². The largest absolute Gasteiger partial charge is 0.349 e. The van der Waals surface area contributed by atoms with Crippen LogP contribution in [0.1, 0.15) is 35.7 Å². The average Bonchev–Trinajstić information content (AvgIpc) is 2.90. The summed E-state index contributed by atoms with van der Waals surface area (Å²) in [5, 5.41) is 7.32. The Balaban J connectivity index is 1.72. The first kappa shape index (κ1) is 15.1. The third kappa shape index (κ3) is 3.36. The fourth-order valence-electron chi connectivity index (χ4n) is 2.54. The number of carbonyl (C=O) groups is 1. The minimum Gasteiger partial charge on any atom is -0.349 e. The van der Waals surface area contributed by atoms with Crippen molar-refractivity contribution in [1.82, 2.24) is 24.9 Å². The maximum atomic E-state index is 12.2. The predicted molar refractivity (Wildman–Crippen MR) is 87.0 cm³/mol. The van der Waals surface area contributed by atoms with Crippen molar-refractivity contribution in [2.75, 3.05) is 0 Å². The number of nitrogens with zero attached hydrogens (tertiary/aromatic N) is 4. The van der Waals surface area contributed by atoms with Crippen LogP contribution in [-0.2, 0) is 11.2 Å². The molecule has 0 fully saturated rings. The van der Waals surface area contributed by atoms with Gasteiger partial charge in [0.05, 0.1) is 12.5 Å². The molecule has 1 amide bonds. The van der Waals surface area contributed by atoms with Gasteiger partial charge >= 0.3 is 0 Å². The number of amides is 1. The zero-order valence-corrected chi connectivity index (χ0v) is 13.4. The number of aryl methyl sites for hydroxylation is 2. The summed E-state index contributed by atoms with van der Waals surface area (Å²) in [4.78, 5) is 20.9. The molecule has 0 aliphatic heterocycles. The van der Waals surface area contributed by atoms with Crippen LogP contribution in [0.2, 0.25) is 0 Å². The fraction of sp³-hybridized carbons (Fsp3) is 0.294. The Morgan fingerprint density at radius 3 is 2.70 bits per heavy atom. The monoisotopic (exact) mass is 309 g/mol. The number of hydrogen-bond donors (Lipinski definition) is 1. The van der Waals surface area contributed by atoms with Gasteiger partial charge in [-0.25, -0.2) is 9.50 Å². The number of fused-ring (bicyclic) bond motifs is 1. The lowest BCUT2D eigenvalue weighted by atomic mass is 10.1. The van der Waals surface area contributed by atoms with Crippen LogP contribution in [0.4, 0.5) is 0 Å². The highest BCUT2D eigenvalue weighted by molar-refractivity contribution is 5.78. The second-order valence-corrected chi connectivity index (χ2v) is 5.66. The van der Waals surface area contributed by atoms with E-state index in [1.807, 2.05) is 57.2 Å². The molecular weight excluding hydrogens is 290 g/mol. The van der Waals surface area contributed by atoms with Crippen molar-refractivity contribution < 1.29 is 4.79 Å². The quantitative estimate of drug-likeness (QED) is 0.801. The predicted octanol–water partition coefficient (Wildman–Crippen LogP) is 2.16. The van der Waals surface area contributed by atoms with Crippen LogP contribution in [0.15, 0.2) is 36.4 Å². The summed E-state index contributed by atoms with van der Waals surface area (Å²) in [6.07, 6.45) is 0.138. The van der Waals surface area contributed by atoms with Crippen molar-refractivity contribution in [3.63, 3.8) is 0 Å². The molecule has 0 radical (unpaired) electrons. The summed E-state index contributed by atoms with van der Waals surface area (Å²) < 4.78 is 1.66. The van der Waals surface area contributed by atoms with E-state index in [2.05, 4.69) is 20.4 Å². The molecule has 0 aliphatic rings. The van der Waals surface area contributed by atoms with Gasteiger partial charge in [0.1, 0.15) is 0 Å². The number of benzene rings is 1. The van der Waals surface area contributed by atoms with Gasteiger partial charge in [-0.2, -0.15) is 4.98 Å². The second-order valence-electron chi connectivity index (χ2n) is 5.66. The molecule has 0 aliphatic carbocycles. The van der Waals surface area contributed by atoms with Gasteiger partial charge in [-0.15, -0.1) is 5.10 Å². The molecule has 1 N–H and O–H groups in total. The molecule has 1 aromatic carbocycles. The highest BCUT2D eigenvalue weighted by Crippen LogP contribution is 2.11. The topological polar surface area (TPSA) is 72.2 Å². The van der Waals surface area contributed by atoms with Crippen LogP contribution in [0.3, 0.4) is 0 Å². The zero-order chi connectivity index (χ0) is 16.4. The van der Waals surface area contributed by atoms with E-state index in [-0.39, 0.29) is 18.4 Å². The summed E-state index contributed by atoms with van der Waals surface area (Å²) in [6, 6.07) is 11.7. The van der Waals surface area contributed by atoms with Crippen LogP contribution in [0.5, 0.6) is 0 Å². The molecular formula is C17H19N5O. The molecule has 23 heavy (non-hydrogen) atoms. The molecule has 0 bridgehead atoms. The van der Waals surface area contributed by atoms with Crippen molar-refractivity contribution in [1.29, 1.82) is 0 Å². The SMILES string of the molecule is Cc1cc(C)n2nc(CC(=O)N[C@H](C)c3ccccc3)nc2n1. The summed E-state index contributed by atoms with van der Waals surface area (Å²) in [6.45, 7) is 5.81. The molecule has 6 nitrogen and oxygen atoms in total. The number of rotatable bonds is 4. The third-order valence-corrected chi connectivity index (χ3v) is 3.66. The fourth-order valence-corrected chi connectivity index (χ4v) is 2.54. The molecule has 6 heteroatoms. The summed E-state index contributed by atoms with van der Waals surface area (Å²) in [5.41, 5.74) is 2.90. The van der Waals surface area contributed by atoms with Gasteiger partial charge in [0.15, 0.2) is 5.82 Å². The Bertz CT molecular complexity index is 841. The van der Waals surface area contributed by atoms with Crippen molar-refractivity contribution in [3.05, 3.63) is 59.2 Å². The lowest BCUT2D eigenvalue weighted by molar-refractivity contribution is -0.121. The van der Waals surface area contributed by atoms with E-state index in [4.69, 9.17) is 0 Å². The van der Waals surface area contributed by atoms with Crippen LogP contribution in [0, 0.1) is 13.8 Å². The molecule has 3 aromatic rings. The number of carbonyl (C=O) groups excluding carboxylic acids is 1. The average molecular weight is 309 g/mol. The first-order chi connectivity index (χ1) is 11.0. The molecule has 2 aromatic heterocycles. The van der Waals surface area contributed by atoms with Crippen LogP contribution < -0.4 is 5.32 Å². The first-order valence-corrected chi connectivity index (χ1v) is 7.57. The Kier molecular flexibility index (Phi) is 4.06.